The predicted octanol–water partition coefficient (Wildman–Crippen LogP) is 3.55. The monoisotopic (exact) mass is 239 g/mol. The van der Waals surface area contributed by atoms with Crippen molar-refractivity contribution in [1.29, 1.82) is 0 Å². The third-order valence-corrected chi connectivity index (χ3v) is 3.78. The smallest absolute Gasteiger partial charge is 0.136 e. The lowest BCUT2D eigenvalue weighted by atomic mass is 10.2. The van der Waals surface area contributed by atoms with Gasteiger partial charge < -0.3 is 4.90 Å². The fourth-order valence-electron chi connectivity index (χ4n) is 1.26. The van der Waals surface area contributed by atoms with Gasteiger partial charge in [-0.3, -0.25) is 0 Å². The zero-order chi connectivity index (χ0) is 11.1. The Morgan fingerprint density at radius 1 is 1.33 bits per heavy atom. The molecule has 0 saturated carbocycles. The third-order valence-electron chi connectivity index (χ3n) is 2.08. The Bertz CT molecular complexity index is 298. The standard InChI is InChI=1S/C12H17NS2/c1-3-9-13(2)12(14)15-10-11-7-5-4-6-8-11/h4-8H,3,9-10H2,1-2H3. The van der Waals surface area contributed by atoms with E-state index in [1.807, 2.05) is 6.07 Å². The minimum Gasteiger partial charge on any atom is -0.361 e. The van der Waals surface area contributed by atoms with Gasteiger partial charge in [-0.15, -0.1) is 0 Å². The Morgan fingerprint density at radius 3 is 2.60 bits per heavy atom. The van der Waals surface area contributed by atoms with E-state index < -0.39 is 0 Å². The summed E-state index contributed by atoms with van der Waals surface area (Å²) in [5, 5.41) is 0. The number of hydrogen-bond donors (Lipinski definition) is 0. The number of benzene rings is 1. The van der Waals surface area contributed by atoms with Crippen molar-refractivity contribution in [2.45, 2.75) is 19.1 Å². The molecule has 0 spiro atoms. The molecule has 0 heterocycles. The second-order valence-corrected chi connectivity index (χ2v) is 5.07. The van der Waals surface area contributed by atoms with Gasteiger partial charge in [-0.1, -0.05) is 61.2 Å². The molecule has 0 aliphatic rings. The molecule has 0 bridgehead atoms. The molecule has 0 unspecified atom stereocenters. The van der Waals surface area contributed by atoms with Crippen LogP contribution < -0.4 is 0 Å². The van der Waals surface area contributed by atoms with Crippen LogP contribution in [0.1, 0.15) is 18.9 Å². The Hall–Kier alpha value is -0.540. The zero-order valence-corrected chi connectivity index (χ0v) is 10.9. The second kappa shape index (κ2) is 6.85. The summed E-state index contributed by atoms with van der Waals surface area (Å²) in [4.78, 5) is 2.14. The molecule has 1 aromatic rings. The SMILES string of the molecule is CCCN(C)C(=S)SCc1ccccc1. The summed E-state index contributed by atoms with van der Waals surface area (Å²) in [5.41, 5.74) is 1.33. The Labute approximate surface area is 102 Å². The van der Waals surface area contributed by atoms with E-state index >= 15 is 0 Å². The van der Waals surface area contributed by atoms with E-state index in [9.17, 15) is 0 Å². The van der Waals surface area contributed by atoms with Crippen LogP contribution in [0, 0.1) is 0 Å². The fraction of sp³-hybridized carbons (Fsp3) is 0.417. The summed E-state index contributed by atoms with van der Waals surface area (Å²) in [6.07, 6.45) is 1.14. The molecule has 1 nitrogen and oxygen atoms in total. The molecule has 1 aromatic carbocycles. The predicted molar refractivity (Wildman–Crippen MR) is 73.3 cm³/mol. The van der Waals surface area contributed by atoms with Gasteiger partial charge >= 0.3 is 0 Å². The van der Waals surface area contributed by atoms with Crippen LogP contribution in [0.5, 0.6) is 0 Å². The summed E-state index contributed by atoms with van der Waals surface area (Å²) in [7, 11) is 2.06. The van der Waals surface area contributed by atoms with Gasteiger partial charge in [0.1, 0.15) is 4.32 Å². The first-order valence-corrected chi connectivity index (χ1v) is 6.55. The van der Waals surface area contributed by atoms with Gasteiger partial charge in [0.25, 0.3) is 0 Å². The number of nitrogens with zero attached hydrogens (tertiary/aromatic N) is 1. The lowest BCUT2D eigenvalue weighted by Gasteiger charge is -2.18. The van der Waals surface area contributed by atoms with Crippen molar-refractivity contribution in [3.63, 3.8) is 0 Å². The maximum absolute atomic E-state index is 5.33. The van der Waals surface area contributed by atoms with Crippen LogP contribution in [-0.2, 0) is 5.75 Å². The van der Waals surface area contributed by atoms with Gasteiger partial charge in [-0.05, 0) is 12.0 Å². The van der Waals surface area contributed by atoms with Crippen molar-refractivity contribution in [2.24, 2.45) is 0 Å². The van der Waals surface area contributed by atoms with Crippen LogP contribution in [0.25, 0.3) is 0 Å². The molecule has 0 radical (unpaired) electrons. The van der Waals surface area contributed by atoms with E-state index in [-0.39, 0.29) is 0 Å². The minimum atomic E-state index is 0.966. The molecular weight excluding hydrogens is 222 g/mol. The molecule has 15 heavy (non-hydrogen) atoms. The summed E-state index contributed by atoms with van der Waals surface area (Å²) in [6.45, 7) is 3.21. The average Bonchev–Trinajstić information content (AvgIpc) is 2.27. The molecule has 0 N–H and O–H groups in total. The molecule has 0 amide bonds. The molecule has 0 saturated heterocycles. The second-order valence-electron chi connectivity index (χ2n) is 3.46. The summed E-state index contributed by atoms with van der Waals surface area (Å²) >= 11 is 7.07. The van der Waals surface area contributed by atoms with Crippen LogP contribution in [0.3, 0.4) is 0 Å². The molecule has 3 heteroatoms. The van der Waals surface area contributed by atoms with E-state index in [2.05, 4.69) is 43.1 Å². The zero-order valence-electron chi connectivity index (χ0n) is 9.27. The van der Waals surface area contributed by atoms with Crippen molar-refractivity contribution in [3.8, 4) is 0 Å². The third kappa shape index (κ3) is 4.67. The molecule has 0 aromatic heterocycles. The van der Waals surface area contributed by atoms with E-state index in [1.54, 1.807) is 11.8 Å². The Kier molecular flexibility index (Phi) is 5.73. The van der Waals surface area contributed by atoms with Crippen molar-refractivity contribution in [3.05, 3.63) is 35.9 Å². The van der Waals surface area contributed by atoms with E-state index in [0.29, 0.717) is 0 Å². The highest BCUT2D eigenvalue weighted by molar-refractivity contribution is 8.22. The van der Waals surface area contributed by atoms with Gasteiger partial charge in [-0.2, -0.15) is 0 Å². The van der Waals surface area contributed by atoms with Crippen molar-refractivity contribution >= 4 is 28.3 Å². The van der Waals surface area contributed by atoms with Crippen molar-refractivity contribution in [1.82, 2.24) is 4.90 Å². The van der Waals surface area contributed by atoms with Gasteiger partial charge in [0, 0.05) is 19.3 Å². The molecular formula is C12H17NS2. The number of thioether (sulfide) groups is 1. The topological polar surface area (TPSA) is 3.24 Å². The largest absolute Gasteiger partial charge is 0.361 e. The first-order chi connectivity index (χ1) is 7.24. The lowest BCUT2D eigenvalue weighted by Crippen LogP contribution is -2.23. The lowest BCUT2D eigenvalue weighted by molar-refractivity contribution is 0.518. The molecule has 0 atom stereocenters. The van der Waals surface area contributed by atoms with Crippen LogP contribution in [0.15, 0.2) is 30.3 Å². The highest BCUT2D eigenvalue weighted by Crippen LogP contribution is 2.15. The van der Waals surface area contributed by atoms with Gasteiger partial charge in [-0.25, -0.2) is 0 Å². The summed E-state index contributed by atoms with van der Waals surface area (Å²) < 4.78 is 0.987. The average molecular weight is 239 g/mol. The number of hydrogen-bond acceptors (Lipinski definition) is 2. The van der Waals surface area contributed by atoms with Crippen LogP contribution in [-0.4, -0.2) is 22.8 Å². The van der Waals surface area contributed by atoms with Crippen molar-refractivity contribution < 1.29 is 0 Å². The quantitative estimate of drug-likeness (QED) is 0.740. The normalized spacial score (nSPS) is 10.0. The van der Waals surface area contributed by atoms with E-state index in [0.717, 1.165) is 23.0 Å². The van der Waals surface area contributed by atoms with Crippen molar-refractivity contribution in [2.75, 3.05) is 13.6 Å². The van der Waals surface area contributed by atoms with Crippen LogP contribution in [0.2, 0.25) is 0 Å². The highest BCUT2D eigenvalue weighted by Gasteiger charge is 2.03. The number of thiocarbonyl (C=S) groups is 1. The van der Waals surface area contributed by atoms with Gasteiger partial charge in [0.05, 0.1) is 0 Å². The summed E-state index contributed by atoms with van der Waals surface area (Å²) in [5.74, 6) is 0.966. The molecule has 0 aliphatic carbocycles. The van der Waals surface area contributed by atoms with Gasteiger partial charge in [0.15, 0.2) is 0 Å². The maximum atomic E-state index is 5.33. The van der Waals surface area contributed by atoms with Gasteiger partial charge in [0.2, 0.25) is 0 Å². The molecule has 0 fully saturated rings. The van der Waals surface area contributed by atoms with E-state index in [1.165, 1.54) is 5.56 Å². The first-order valence-electron chi connectivity index (χ1n) is 5.16. The molecule has 1 rings (SSSR count). The van der Waals surface area contributed by atoms with Crippen LogP contribution in [0.4, 0.5) is 0 Å². The summed E-state index contributed by atoms with van der Waals surface area (Å²) in [6, 6.07) is 10.4. The maximum Gasteiger partial charge on any atom is 0.136 e. The van der Waals surface area contributed by atoms with E-state index in [4.69, 9.17) is 12.2 Å². The Balaban J connectivity index is 2.34. The molecule has 0 aliphatic heterocycles. The highest BCUT2D eigenvalue weighted by atomic mass is 32.2. The molecule has 82 valence electrons. The first kappa shape index (κ1) is 12.5. The Morgan fingerprint density at radius 2 is 2.00 bits per heavy atom. The fourth-order valence-corrected chi connectivity index (χ4v) is 2.32. The van der Waals surface area contributed by atoms with Crippen LogP contribution >= 0.6 is 24.0 Å². The number of rotatable bonds is 4. The minimum absolute atomic E-state index is 0.966.